The fourth-order valence-corrected chi connectivity index (χ4v) is 4.89. The van der Waals surface area contributed by atoms with E-state index in [9.17, 15) is 0 Å². The van der Waals surface area contributed by atoms with Crippen molar-refractivity contribution in [3.8, 4) is 11.5 Å². The lowest BCUT2D eigenvalue weighted by atomic mass is 10.1. The van der Waals surface area contributed by atoms with Crippen molar-refractivity contribution < 1.29 is 9.47 Å². The van der Waals surface area contributed by atoms with Crippen LogP contribution in [-0.4, -0.2) is 25.5 Å². The first kappa shape index (κ1) is 14.6. The predicted octanol–water partition coefficient (Wildman–Crippen LogP) is 5.34. The van der Waals surface area contributed by atoms with Gasteiger partial charge in [-0.1, -0.05) is 12.1 Å². The van der Waals surface area contributed by atoms with Crippen molar-refractivity contribution in [3.05, 3.63) is 36.4 Å². The summed E-state index contributed by atoms with van der Waals surface area (Å²) in [4.78, 5) is 4.85. The molecular formula is C18H15NO2S2. The van der Waals surface area contributed by atoms with Gasteiger partial charge in [0, 0.05) is 20.9 Å². The van der Waals surface area contributed by atoms with Gasteiger partial charge < -0.3 is 9.47 Å². The van der Waals surface area contributed by atoms with E-state index in [0.717, 1.165) is 27.4 Å². The van der Waals surface area contributed by atoms with Crippen molar-refractivity contribution in [3.63, 3.8) is 0 Å². The van der Waals surface area contributed by atoms with E-state index >= 15 is 0 Å². The van der Waals surface area contributed by atoms with Gasteiger partial charge in [0.1, 0.15) is 22.0 Å². The maximum absolute atomic E-state index is 5.51. The van der Waals surface area contributed by atoms with Crippen LogP contribution in [0.15, 0.2) is 41.4 Å². The number of pyridine rings is 1. The van der Waals surface area contributed by atoms with E-state index in [4.69, 9.17) is 14.5 Å². The maximum Gasteiger partial charge on any atom is 0.145 e. The van der Waals surface area contributed by atoms with E-state index in [1.165, 1.54) is 20.2 Å². The number of methoxy groups -OCH3 is 2. The van der Waals surface area contributed by atoms with E-state index in [0.29, 0.717) is 0 Å². The molecule has 2 aromatic carbocycles. The summed E-state index contributed by atoms with van der Waals surface area (Å²) in [5.74, 6) is 1.69. The molecular weight excluding hydrogens is 326 g/mol. The van der Waals surface area contributed by atoms with Crippen LogP contribution in [0, 0.1) is 0 Å². The van der Waals surface area contributed by atoms with Gasteiger partial charge in [-0.3, -0.25) is 0 Å². The van der Waals surface area contributed by atoms with Gasteiger partial charge >= 0.3 is 0 Å². The quantitative estimate of drug-likeness (QED) is 0.471. The summed E-state index contributed by atoms with van der Waals surface area (Å²) in [5, 5.41) is 4.66. The molecule has 0 fully saturated rings. The van der Waals surface area contributed by atoms with Gasteiger partial charge in [0.2, 0.25) is 0 Å². The molecule has 2 heterocycles. The molecule has 0 radical (unpaired) electrons. The Morgan fingerprint density at radius 2 is 1.91 bits per heavy atom. The first-order valence-corrected chi connectivity index (χ1v) is 9.22. The minimum absolute atomic E-state index is 0.813. The predicted molar refractivity (Wildman–Crippen MR) is 99.5 cm³/mol. The number of para-hydroxylation sites is 1. The normalized spacial score (nSPS) is 11.4. The average Bonchev–Trinajstić information content (AvgIpc) is 2.99. The summed E-state index contributed by atoms with van der Waals surface area (Å²) in [6.07, 6.45) is 2.06. The summed E-state index contributed by atoms with van der Waals surface area (Å²) in [7, 11) is 3.39. The second kappa shape index (κ2) is 5.58. The number of hydrogen-bond acceptors (Lipinski definition) is 5. The van der Waals surface area contributed by atoms with Gasteiger partial charge in [-0.2, -0.15) is 0 Å². The molecule has 0 saturated heterocycles. The molecule has 5 heteroatoms. The SMILES string of the molecule is COc1ccc2c(c1)sc1c(SC)nc3c(OC)cccc3c12. The second-order valence-corrected chi connectivity index (χ2v) is 6.99. The van der Waals surface area contributed by atoms with Crippen LogP contribution in [0.3, 0.4) is 0 Å². The molecule has 0 aliphatic carbocycles. The Bertz CT molecular complexity index is 1040. The Morgan fingerprint density at radius 3 is 2.65 bits per heavy atom. The molecule has 0 unspecified atom stereocenters. The van der Waals surface area contributed by atoms with Gasteiger partial charge in [0.15, 0.2) is 0 Å². The molecule has 2 aromatic heterocycles. The van der Waals surface area contributed by atoms with Gasteiger partial charge in [-0.25, -0.2) is 4.98 Å². The van der Waals surface area contributed by atoms with Crippen LogP contribution in [0.1, 0.15) is 0 Å². The third-order valence-corrected chi connectivity index (χ3v) is 5.96. The average molecular weight is 341 g/mol. The number of fused-ring (bicyclic) bond motifs is 5. The zero-order valence-electron chi connectivity index (χ0n) is 13.0. The second-order valence-electron chi connectivity index (χ2n) is 5.15. The molecule has 0 aliphatic rings. The largest absolute Gasteiger partial charge is 0.497 e. The van der Waals surface area contributed by atoms with Crippen LogP contribution in [0.4, 0.5) is 0 Å². The third-order valence-electron chi connectivity index (χ3n) is 3.99. The van der Waals surface area contributed by atoms with Gasteiger partial charge in [0.25, 0.3) is 0 Å². The van der Waals surface area contributed by atoms with Crippen LogP contribution >= 0.6 is 23.1 Å². The topological polar surface area (TPSA) is 31.4 Å². The Hall–Kier alpha value is -1.98. The number of hydrogen-bond donors (Lipinski definition) is 0. The minimum atomic E-state index is 0.813. The Labute approximate surface area is 142 Å². The lowest BCUT2D eigenvalue weighted by Crippen LogP contribution is -1.89. The highest BCUT2D eigenvalue weighted by Crippen LogP contribution is 2.44. The fourth-order valence-electron chi connectivity index (χ4n) is 2.92. The molecule has 0 spiro atoms. The highest BCUT2D eigenvalue weighted by atomic mass is 32.2. The smallest absolute Gasteiger partial charge is 0.145 e. The molecule has 0 bridgehead atoms. The fraction of sp³-hybridized carbons (Fsp3) is 0.167. The number of rotatable bonds is 3. The minimum Gasteiger partial charge on any atom is -0.497 e. The summed E-state index contributed by atoms with van der Waals surface area (Å²) in [6.45, 7) is 0. The van der Waals surface area contributed by atoms with E-state index in [-0.39, 0.29) is 0 Å². The number of aromatic nitrogens is 1. The van der Waals surface area contributed by atoms with E-state index < -0.39 is 0 Å². The van der Waals surface area contributed by atoms with Crippen molar-refractivity contribution in [2.75, 3.05) is 20.5 Å². The van der Waals surface area contributed by atoms with Crippen molar-refractivity contribution in [1.82, 2.24) is 4.98 Å². The molecule has 0 amide bonds. The molecule has 23 heavy (non-hydrogen) atoms. The highest BCUT2D eigenvalue weighted by molar-refractivity contribution is 7.98. The van der Waals surface area contributed by atoms with Gasteiger partial charge in [-0.15, -0.1) is 23.1 Å². The highest BCUT2D eigenvalue weighted by Gasteiger charge is 2.16. The van der Waals surface area contributed by atoms with E-state index in [1.54, 1.807) is 37.3 Å². The summed E-state index contributed by atoms with van der Waals surface area (Å²) in [6, 6.07) is 12.3. The van der Waals surface area contributed by atoms with E-state index in [1.807, 2.05) is 18.2 Å². The summed E-state index contributed by atoms with van der Waals surface area (Å²) in [5.41, 5.74) is 0.919. The molecule has 0 saturated carbocycles. The first-order chi connectivity index (χ1) is 11.3. The number of benzene rings is 2. The molecule has 3 nitrogen and oxygen atoms in total. The Morgan fingerprint density at radius 1 is 1.04 bits per heavy atom. The molecule has 116 valence electrons. The van der Waals surface area contributed by atoms with Crippen molar-refractivity contribution in [2.24, 2.45) is 0 Å². The van der Waals surface area contributed by atoms with Crippen molar-refractivity contribution in [1.29, 1.82) is 0 Å². The molecule has 0 aliphatic heterocycles. The molecule has 4 aromatic rings. The van der Waals surface area contributed by atoms with Crippen LogP contribution in [0.2, 0.25) is 0 Å². The number of nitrogens with zero attached hydrogens (tertiary/aromatic N) is 1. The third kappa shape index (κ3) is 2.15. The number of thioether (sulfide) groups is 1. The lowest BCUT2D eigenvalue weighted by Gasteiger charge is -2.08. The molecule has 0 N–H and O–H groups in total. The van der Waals surface area contributed by atoms with Crippen molar-refractivity contribution in [2.45, 2.75) is 5.03 Å². The maximum atomic E-state index is 5.51. The van der Waals surface area contributed by atoms with Gasteiger partial charge in [0.05, 0.1) is 18.9 Å². The van der Waals surface area contributed by atoms with Gasteiger partial charge in [-0.05, 0) is 30.5 Å². The summed E-state index contributed by atoms with van der Waals surface area (Å²) >= 11 is 3.44. The van der Waals surface area contributed by atoms with Crippen LogP contribution in [0.25, 0.3) is 31.1 Å². The first-order valence-electron chi connectivity index (χ1n) is 7.17. The summed E-state index contributed by atoms with van der Waals surface area (Å²) < 4.78 is 13.3. The Kier molecular flexibility index (Phi) is 3.54. The standard InChI is InChI=1S/C18H15NO2S2/c1-20-10-7-8-11-14(9-10)23-17-15(11)12-5-4-6-13(21-2)16(12)19-18(17)22-3/h4-9H,1-3H3. The number of thiophene rings is 1. The van der Waals surface area contributed by atoms with Crippen LogP contribution in [-0.2, 0) is 0 Å². The zero-order valence-corrected chi connectivity index (χ0v) is 14.7. The van der Waals surface area contributed by atoms with E-state index in [2.05, 4.69) is 24.5 Å². The monoisotopic (exact) mass is 341 g/mol. The molecule has 0 atom stereocenters. The van der Waals surface area contributed by atoms with Crippen LogP contribution in [0.5, 0.6) is 11.5 Å². The zero-order chi connectivity index (χ0) is 16.0. The number of ether oxygens (including phenoxy) is 2. The van der Waals surface area contributed by atoms with Crippen molar-refractivity contribution >= 4 is 54.2 Å². The molecule has 4 rings (SSSR count). The van der Waals surface area contributed by atoms with Crippen LogP contribution < -0.4 is 9.47 Å². The Balaban J connectivity index is 2.23. The lowest BCUT2D eigenvalue weighted by molar-refractivity contribution is 0.415.